The van der Waals surface area contributed by atoms with Crippen LogP contribution in [0.15, 0.2) is 30.5 Å². The zero-order valence-corrected chi connectivity index (χ0v) is 9.33. The van der Waals surface area contributed by atoms with E-state index in [0.29, 0.717) is 6.54 Å². The average Bonchev–Trinajstić information content (AvgIpc) is 2.82. The van der Waals surface area contributed by atoms with Crippen molar-refractivity contribution >= 4 is 5.91 Å². The number of hydrogen-bond donors (Lipinski definition) is 2. The number of rotatable bonds is 3. The fourth-order valence-electron chi connectivity index (χ4n) is 1.47. The van der Waals surface area contributed by atoms with Crippen LogP contribution in [0.2, 0.25) is 0 Å². The third-order valence-electron chi connectivity index (χ3n) is 2.36. The number of nitrogens with one attached hydrogen (secondary N) is 2. The Balaban J connectivity index is 2.07. The first-order valence-electron chi connectivity index (χ1n) is 5.19. The minimum Gasteiger partial charge on any atom is -0.346 e. The third-order valence-corrected chi connectivity index (χ3v) is 2.36. The first kappa shape index (κ1) is 11.3. The van der Waals surface area contributed by atoms with Gasteiger partial charge in [0.15, 0.2) is 0 Å². The molecule has 1 heterocycles. The molecule has 0 radical (unpaired) electrons. The van der Waals surface area contributed by atoms with Crippen molar-refractivity contribution < 1.29 is 9.18 Å². The van der Waals surface area contributed by atoms with Gasteiger partial charge in [-0.15, -0.1) is 0 Å². The van der Waals surface area contributed by atoms with Gasteiger partial charge in [-0.05, 0) is 25.1 Å². The van der Waals surface area contributed by atoms with Gasteiger partial charge >= 0.3 is 0 Å². The molecule has 4 nitrogen and oxygen atoms in total. The maximum absolute atomic E-state index is 13.4. The van der Waals surface area contributed by atoms with Crippen LogP contribution in [0.25, 0.3) is 0 Å². The van der Waals surface area contributed by atoms with Crippen molar-refractivity contribution in [3.05, 3.63) is 53.1 Å². The smallest absolute Gasteiger partial charge is 0.254 e. The Morgan fingerprint density at radius 2 is 2.29 bits per heavy atom. The van der Waals surface area contributed by atoms with Gasteiger partial charge in [-0.25, -0.2) is 4.39 Å². The van der Waals surface area contributed by atoms with Crippen LogP contribution in [0.1, 0.15) is 21.6 Å². The molecule has 2 N–H and O–H groups in total. The van der Waals surface area contributed by atoms with Crippen molar-refractivity contribution in [2.24, 2.45) is 0 Å². The van der Waals surface area contributed by atoms with E-state index in [0.717, 1.165) is 11.3 Å². The van der Waals surface area contributed by atoms with E-state index in [4.69, 9.17) is 0 Å². The summed E-state index contributed by atoms with van der Waals surface area (Å²) in [6.45, 7) is 2.11. The minimum atomic E-state index is -0.516. The number of hydrogen-bond acceptors (Lipinski definition) is 2. The summed E-state index contributed by atoms with van der Waals surface area (Å²) in [4.78, 5) is 11.7. The van der Waals surface area contributed by atoms with Crippen LogP contribution in [0.3, 0.4) is 0 Å². The molecule has 0 unspecified atom stereocenters. The van der Waals surface area contributed by atoms with Gasteiger partial charge in [0.05, 0.1) is 17.8 Å². The molecule has 0 atom stereocenters. The molecule has 0 fully saturated rings. The lowest BCUT2D eigenvalue weighted by Crippen LogP contribution is -2.24. The van der Waals surface area contributed by atoms with Gasteiger partial charge in [-0.3, -0.25) is 9.89 Å². The van der Waals surface area contributed by atoms with Gasteiger partial charge in [0.1, 0.15) is 5.82 Å². The van der Waals surface area contributed by atoms with Crippen LogP contribution >= 0.6 is 0 Å². The number of benzene rings is 1. The van der Waals surface area contributed by atoms with Crippen LogP contribution < -0.4 is 5.32 Å². The highest BCUT2D eigenvalue weighted by Crippen LogP contribution is 2.09. The molecule has 2 rings (SSSR count). The van der Waals surface area contributed by atoms with Gasteiger partial charge in [-0.2, -0.15) is 5.10 Å². The summed E-state index contributed by atoms with van der Waals surface area (Å²) in [5, 5.41) is 9.08. The monoisotopic (exact) mass is 233 g/mol. The van der Waals surface area contributed by atoms with Crippen molar-refractivity contribution in [2.45, 2.75) is 13.5 Å². The van der Waals surface area contributed by atoms with Crippen molar-refractivity contribution in [3.8, 4) is 0 Å². The molecule has 17 heavy (non-hydrogen) atoms. The quantitative estimate of drug-likeness (QED) is 0.849. The molecule has 0 spiro atoms. The second kappa shape index (κ2) is 4.78. The molecule has 0 saturated carbocycles. The molecule has 0 bridgehead atoms. The zero-order chi connectivity index (χ0) is 12.3. The van der Waals surface area contributed by atoms with E-state index >= 15 is 0 Å². The highest BCUT2D eigenvalue weighted by atomic mass is 19.1. The van der Waals surface area contributed by atoms with Crippen LogP contribution in [-0.2, 0) is 6.54 Å². The van der Waals surface area contributed by atoms with Gasteiger partial charge in [0.2, 0.25) is 0 Å². The SMILES string of the molecule is Cc1ccc(F)c(C(=O)NCc2ccn[nH]2)c1. The van der Waals surface area contributed by atoms with E-state index in [2.05, 4.69) is 15.5 Å². The molecular formula is C12H12FN3O. The fraction of sp³-hybridized carbons (Fsp3) is 0.167. The van der Waals surface area contributed by atoms with Gasteiger partial charge in [-0.1, -0.05) is 11.6 Å². The maximum Gasteiger partial charge on any atom is 0.254 e. The number of H-pyrrole nitrogens is 1. The Labute approximate surface area is 97.9 Å². The highest BCUT2D eigenvalue weighted by molar-refractivity contribution is 5.94. The molecule has 88 valence electrons. The molecule has 0 saturated heterocycles. The average molecular weight is 233 g/mol. The molecule has 1 amide bonds. The topological polar surface area (TPSA) is 57.8 Å². The normalized spacial score (nSPS) is 10.2. The Morgan fingerprint density at radius 1 is 1.47 bits per heavy atom. The van der Waals surface area contributed by atoms with Crippen molar-refractivity contribution in [1.29, 1.82) is 0 Å². The van der Waals surface area contributed by atoms with Crippen LogP contribution in [0.4, 0.5) is 4.39 Å². The molecular weight excluding hydrogens is 221 g/mol. The molecule has 1 aromatic heterocycles. The van der Waals surface area contributed by atoms with Crippen molar-refractivity contribution in [2.75, 3.05) is 0 Å². The lowest BCUT2D eigenvalue weighted by molar-refractivity contribution is 0.0946. The zero-order valence-electron chi connectivity index (χ0n) is 9.33. The van der Waals surface area contributed by atoms with Crippen LogP contribution in [0, 0.1) is 12.7 Å². The maximum atomic E-state index is 13.4. The molecule has 0 aliphatic carbocycles. The van der Waals surface area contributed by atoms with E-state index in [1.165, 1.54) is 12.1 Å². The Kier molecular flexibility index (Phi) is 3.18. The van der Waals surface area contributed by atoms with E-state index in [1.807, 2.05) is 6.92 Å². The van der Waals surface area contributed by atoms with Crippen LogP contribution in [0.5, 0.6) is 0 Å². The molecule has 5 heteroatoms. The van der Waals surface area contributed by atoms with Crippen molar-refractivity contribution in [3.63, 3.8) is 0 Å². The summed E-state index contributed by atoms with van der Waals surface area (Å²) in [5.74, 6) is -0.946. The summed E-state index contributed by atoms with van der Waals surface area (Å²) in [7, 11) is 0. The Hall–Kier alpha value is -2.17. The van der Waals surface area contributed by atoms with E-state index in [9.17, 15) is 9.18 Å². The highest BCUT2D eigenvalue weighted by Gasteiger charge is 2.11. The lowest BCUT2D eigenvalue weighted by Gasteiger charge is -2.05. The third kappa shape index (κ3) is 2.69. The van der Waals surface area contributed by atoms with Gasteiger partial charge in [0.25, 0.3) is 5.91 Å². The lowest BCUT2D eigenvalue weighted by atomic mass is 10.1. The second-order valence-electron chi connectivity index (χ2n) is 3.75. The number of amides is 1. The number of aromatic nitrogens is 2. The number of halogens is 1. The Bertz CT molecular complexity index is 523. The molecule has 0 aliphatic rings. The fourth-order valence-corrected chi connectivity index (χ4v) is 1.47. The molecule has 2 aromatic rings. The predicted molar refractivity (Wildman–Crippen MR) is 60.9 cm³/mol. The number of carbonyl (C=O) groups is 1. The summed E-state index contributed by atoms with van der Waals surface area (Å²) >= 11 is 0. The first-order chi connectivity index (χ1) is 8.16. The van der Waals surface area contributed by atoms with E-state index < -0.39 is 11.7 Å². The summed E-state index contributed by atoms with van der Waals surface area (Å²) in [6, 6.07) is 6.19. The number of nitrogens with zero attached hydrogens (tertiary/aromatic N) is 1. The van der Waals surface area contributed by atoms with Crippen molar-refractivity contribution in [1.82, 2.24) is 15.5 Å². The Morgan fingerprint density at radius 3 is 3.00 bits per heavy atom. The second-order valence-corrected chi connectivity index (χ2v) is 3.75. The van der Waals surface area contributed by atoms with E-state index in [1.54, 1.807) is 18.3 Å². The number of aromatic amines is 1. The van der Waals surface area contributed by atoms with Crippen LogP contribution in [-0.4, -0.2) is 16.1 Å². The standard InChI is InChI=1S/C12H12FN3O/c1-8-2-3-11(13)10(6-8)12(17)14-7-9-4-5-15-16-9/h2-6H,7H2,1H3,(H,14,17)(H,15,16). The number of aryl methyl sites for hydroxylation is 1. The summed E-state index contributed by atoms with van der Waals surface area (Å²) in [6.07, 6.45) is 1.59. The van der Waals surface area contributed by atoms with E-state index in [-0.39, 0.29) is 5.56 Å². The summed E-state index contributed by atoms with van der Waals surface area (Å²) < 4.78 is 13.4. The van der Waals surface area contributed by atoms with Gasteiger partial charge < -0.3 is 5.32 Å². The molecule has 1 aromatic carbocycles. The largest absolute Gasteiger partial charge is 0.346 e. The summed E-state index contributed by atoms with van der Waals surface area (Å²) in [5.41, 5.74) is 1.68. The first-order valence-corrected chi connectivity index (χ1v) is 5.19. The predicted octanol–water partition coefficient (Wildman–Crippen LogP) is 1.79. The minimum absolute atomic E-state index is 0.0597. The number of carbonyl (C=O) groups excluding carboxylic acids is 1. The van der Waals surface area contributed by atoms with Gasteiger partial charge in [0, 0.05) is 6.20 Å². The molecule has 0 aliphatic heterocycles.